The van der Waals surface area contributed by atoms with Gasteiger partial charge in [-0.15, -0.1) is 0 Å². The molecule has 1 N–H and O–H groups in total. The van der Waals surface area contributed by atoms with Crippen LogP contribution in [0.2, 0.25) is 0 Å². The van der Waals surface area contributed by atoms with Crippen molar-refractivity contribution in [3.05, 3.63) is 23.3 Å². The molecule has 1 atom stereocenters. The highest BCUT2D eigenvalue weighted by Crippen LogP contribution is 2.41. The number of aromatic hydroxyl groups is 1. The van der Waals surface area contributed by atoms with Gasteiger partial charge >= 0.3 is 0 Å². The zero-order valence-corrected chi connectivity index (χ0v) is 18.7. The Morgan fingerprint density at radius 3 is 1.77 bits per heavy atom. The van der Waals surface area contributed by atoms with E-state index in [4.69, 9.17) is 4.74 Å². The van der Waals surface area contributed by atoms with Crippen molar-refractivity contribution in [1.82, 2.24) is 0 Å². The summed E-state index contributed by atoms with van der Waals surface area (Å²) in [5, 5.41) is 10.8. The lowest BCUT2D eigenvalue weighted by Gasteiger charge is -2.28. The maximum atomic E-state index is 10.8. The first kappa shape index (κ1) is 22.9. The minimum absolute atomic E-state index is 0.117. The van der Waals surface area contributed by atoms with Gasteiger partial charge in [-0.1, -0.05) is 81.6 Å². The molecule has 0 aromatic heterocycles. The SMILES string of the molecule is CC(C)CCCC(C)CCOc1cc(C(C)(C)C)c(O)c(C(C)(C)C)c1. The van der Waals surface area contributed by atoms with E-state index in [0.717, 1.165) is 35.8 Å². The normalized spacial score (nSPS) is 13.9. The first-order valence-electron chi connectivity index (χ1n) is 10.3. The summed E-state index contributed by atoms with van der Waals surface area (Å²) in [5.74, 6) is 2.78. The summed E-state index contributed by atoms with van der Waals surface area (Å²) in [6.07, 6.45) is 4.97. The Morgan fingerprint density at radius 1 is 0.846 bits per heavy atom. The van der Waals surface area contributed by atoms with E-state index in [9.17, 15) is 5.11 Å². The highest BCUT2D eigenvalue weighted by Gasteiger charge is 2.27. The standard InChI is InChI=1S/C24H42O2/c1-17(2)11-10-12-18(3)13-14-26-19-15-20(23(4,5)6)22(25)21(16-19)24(7,8)9/h15-18,25H,10-14H2,1-9H3. The third kappa shape index (κ3) is 7.21. The fourth-order valence-electron chi connectivity index (χ4n) is 3.23. The molecule has 0 amide bonds. The number of hydrogen-bond acceptors (Lipinski definition) is 2. The van der Waals surface area contributed by atoms with Gasteiger partial charge in [0.25, 0.3) is 0 Å². The fraction of sp³-hybridized carbons (Fsp3) is 0.750. The number of hydrogen-bond donors (Lipinski definition) is 1. The molecule has 26 heavy (non-hydrogen) atoms. The van der Waals surface area contributed by atoms with Gasteiger partial charge < -0.3 is 9.84 Å². The van der Waals surface area contributed by atoms with Crippen molar-refractivity contribution in [2.75, 3.05) is 6.61 Å². The van der Waals surface area contributed by atoms with Crippen molar-refractivity contribution in [2.45, 2.75) is 98.8 Å². The molecule has 1 aromatic carbocycles. The average molecular weight is 363 g/mol. The second-order valence-electron chi connectivity index (χ2n) is 10.4. The zero-order chi connectivity index (χ0) is 20.1. The molecule has 2 nitrogen and oxygen atoms in total. The molecule has 1 rings (SSSR count). The molecule has 150 valence electrons. The quantitative estimate of drug-likeness (QED) is 0.529. The second-order valence-corrected chi connectivity index (χ2v) is 10.4. The zero-order valence-electron chi connectivity index (χ0n) is 18.7. The Morgan fingerprint density at radius 2 is 1.35 bits per heavy atom. The lowest BCUT2D eigenvalue weighted by atomic mass is 9.79. The monoisotopic (exact) mass is 362 g/mol. The van der Waals surface area contributed by atoms with Crippen LogP contribution < -0.4 is 4.74 Å². The van der Waals surface area contributed by atoms with Crippen LogP contribution in [-0.4, -0.2) is 11.7 Å². The Hall–Kier alpha value is -1.18. The maximum Gasteiger partial charge on any atom is 0.123 e. The predicted molar refractivity (Wildman–Crippen MR) is 113 cm³/mol. The highest BCUT2D eigenvalue weighted by molar-refractivity contribution is 5.51. The number of phenolic OH excluding ortho intramolecular Hbond substituents is 1. The summed E-state index contributed by atoms with van der Waals surface area (Å²) < 4.78 is 6.12. The van der Waals surface area contributed by atoms with Crippen LogP contribution in [0.4, 0.5) is 0 Å². The molecule has 0 aliphatic heterocycles. The lowest BCUT2D eigenvalue weighted by Crippen LogP contribution is -2.17. The summed E-state index contributed by atoms with van der Waals surface area (Å²) in [6, 6.07) is 4.04. The van der Waals surface area contributed by atoms with E-state index in [2.05, 4.69) is 62.3 Å². The van der Waals surface area contributed by atoms with Crippen LogP contribution in [-0.2, 0) is 10.8 Å². The molecule has 0 bridgehead atoms. The van der Waals surface area contributed by atoms with E-state index >= 15 is 0 Å². The molecular weight excluding hydrogens is 320 g/mol. The minimum atomic E-state index is -0.117. The van der Waals surface area contributed by atoms with E-state index in [1.54, 1.807) is 0 Å². The van der Waals surface area contributed by atoms with Crippen LogP contribution >= 0.6 is 0 Å². The number of benzene rings is 1. The van der Waals surface area contributed by atoms with Gasteiger partial charge in [-0.05, 0) is 41.2 Å². The van der Waals surface area contributed by atoms with Crippen molar-refractivity contribution in [3.8, 4) is 11.5 Å². The van der Waals surface area contributed by atoms with Crippen LogP contribution in [0.1, 0.15) is 99.1 Å². The van der Waals surface area contributed by atoms with Crippen molar-refractivity contribution in [3.63, 3.8) is 0 Å². The molecule has 0 saturated carbocycles. The lowest BCUT2D eigenvalue weighted by molar-refractivity contribution is 0.273. The van der Waals surface area contributed by atoms with Crippen LogP contribution in [0, 0.1) is 11.8 Å². The fourth-order valence-corrected chi connectivity index (χ4v) is 3.23. The van der Waals surface area contributed by atoms with E-state index in [-0.39, 0.29) is 10.8 Å². The van der Waals surface area contributed by atoms with Crippen molar-refractivity contribution in [1.29, 1.82) is 0 Å². The summed E-state index contributed by atoms with van der Waals surface area (Å²) in [7, 11) is 0. The Labute approximate surface area is 162 Å². The molecular formula is C24H42O2. The molecule has 0 saturated heterocycles. The van der Waals surface area contributed by atoms with Crippen LogP contribution in [0.5, 0.6) is 11.5 Å². The summed E-state index contributed by atoms with van der Waals surface area (Å²) >= 11 is 0. The van der Waals surface area contributed by atoms with E-state index in [1.807, 2.05) is 12.1 Å². The van der Waals surface area contributed by atoms with Gasteiger partial charge in [-0.3, -0.25) is 0 Å². The molecule has 1 aromatic rings. The predicted octanol–water partition coefficient (Wildman–Crippen LogP) is 7.22. The molecule has 1 unspecified atom stereocenters. The van der Waals surface area contributed by atoms with Crippen LogP contribution in [0.3, 0.4) is 0 Å². The van der Waals surface area contributed by atoms with Gasteiger partial charge in [0.2, 0.25) is 0 Å². The number of phenols is 1. The minimum Gasteiger partial charge on any atom is -0.507 e. The van der Waals surface area contributed by atoms with Gasteiger partial charge in [-0.25, -0.2) is 0 Å². The molecule has 0 fully saturated rings. The summed E-state index contributed by atoms with van der Waals surface area (Å²) in [6.45, 7) is 20.4. The van der Waals surface area contributed by atoms with Crippen molar-refractivity contribution < 1.29 is 9.84 Å². The van der Waals surface area contributed by atoms with E-state index in [1.165, 1.54) is 19.3 Å². The van der Waals surface area contributed by atoms with Gasteiger partial charge in [0.1, 0.15) is 11.5 Å². The Bertz CT molecular complexity index is 524. The van der Waals surface area contributed by atoms with Crippen molar-refractivity contribution in [2.24, 2.45) is 11.8 Å². The first-order valence-corrected chi connectivity index (χ1v) is 10.3. The third-order valence-electron chi connectivity index (χ3n) is 5.06. The largest absolute Gasteiger partial charge is 0.507 e. The Kier molecular flexibility index (Phi) is 8.04. The van der Waals surface area contributed by atoms with Crippen molar-refractivity contribution >= 4 is 0 Å². The molecule has 0 aliphatic carbocycles. The van der Waals surface area contributed by atoms with E-state index in [0.29, 0.717) is 11.7 Å². The number of ether oxygens (including phenoxy) is 1. The molecule has 0 aliphatic rings. The second kappa shape index (κ2) is 9.15. The van der Waals surface area contributed by atoms with Gasteiger partial charge in [0.05, 0.1) is 6.61 Å². The maximum absolute atomic E-state index is 10.8. The molecule has 2 heteroatoms. The number of rotatable bonds is 8. The van der Waals surface area contributed by atoms with E-state index < -0.39 is 0 Å². The summed E-state index contributed by atoms with van der Waals surface area (Å²) in [5.41, 5.74) is 1.69. The smallest absolute Gasteiger partial charge is 0.123 e. The summed E-state index contributed by atoms with van der Waals surface area (Å²) in [4.78, 5) is 0. The van der Waals surface area contributed by atoms with Gasteiger partial charge in [0.15, 0.2) is 0 Å². The van der Waals surface area contributed by atoms with Crippen LogP contribution in [0.15, 0.2) is 12.1 Å². The Balaban J connectivity index is 2.81. The van der Waals surface area contributed by atoms with Gasteiger partial charge in [0, 0.05) is 11.1 Å². The van der Waals surface area contributed by atoms with Crippen LogP contribution in [0.25, 0.3) is 0 Å². The third-order valence-corrected chi connectivity index (χ3v) is 5.06. The molecule has 0 heterocycles. The highest BCUT2D eigenvalue weighted by atomic mass is 16.5. The average Bonchev–Trinajstić information content (AvgIpc) is 2.45. The topological polar surface area (TPSA) is 29.5 Å². The van der Waals surface area contributed by atoms with Gasteiger partial charge in [-0.2, -0.15) is 0 Å². The molecule has 0 radical (unpaired) electrons. The molecule has 0 spiro atoms. The first-order chi connectivity index (χ1) is 11.8.